The van der Waals surface area contributed by atoms with Gasteiger partial charge in [-0.3, -0.25) is 9.59 Å². The van der Waals surface area contributed by atoms with Crippen LogP contribution >= 0.6 is 0 Å². The molecule has 2 aromatic rings. The second kappa shape index (κ2) is 5.52. The van der Waals surface area contributed by atoms with Crippen molar-refractivity contribution in [3.63, 3.8) is 0 Å². The molecule has 0 bridgehead atoms. The number of fused-ring (bicyclic) bond motifs is 1. The molecule has 1 aliphatic rings. The summed E-state index contributed by atoms with van der Waals surface area (Å²) < 4.78 is 0. The molecule has 0 unspecified atom stereocenters. The zero-order valence-corrected chi connectivity index (χ0v) is 12.0. The van der Waals surface area contributed by atoms with Gasteiger partial charge >= 0.3 is 0 Å². The first kappa shape index (κ1) is 13.5. The number of benzene rings is 1. The number of aromatic nitrogens is 1. The van der Waals surface area contributed by atoms with Gasteiger partial charge in [0, 0.05) is 44.1 Å². The maximum atomic E-state index is 11.3. The third-order valence-corrected chi connectivity index (χ3v) is 3.88. The van der Waals surface area contributed by atoms with E-state index in [0.717, 1.165) is 49.2 Å². The highest BCUT2D eigenvalue weighted by Gasteiger charge is 2.19. The number of pyridine rings is 1. The number of hydrogen-bond donors (Lipinski definition) is 0. The molecule has 1 fully saturated rings. The third-order valence-electron chi connectivity index (χ3n) is 3.88. The van der Waals surface area contributed by atoms with Crippen molar-refractivity contribution < 1.29 is 9.59 Å². The number of aldehydes is 1. The van der Waals surface area contributed by atoms with Gasteiger partial charge in [-0.1, -0.05) is 0 Å². The predicted molar refractivity (Wildman–Crippen MR) is 81.6 cm³/mol. The first-order valence-electron chi connectivity index (χ1n) is 7.04. The average molecular weight is 283 g/mol. The van der Waals surface area contributed by atoms with Gasteiger partial charge in [0.15, 0.2) is 0 Å². The van der Waals surface area contributed by atoms with Crippen LogP contribution in [0.3, 0.4) is 0 Å². The smallest absolute Gasteiger partial charge is 0.219 e. The Morgan fingerprint density at radius 2 is 1.90 bits per heavy atom. The van der Waals surface area contributed by atoms with Crippen LogP contribution in [-0.2, 0) is 4.79 Å². The van der Waals surface area contributed by atoms with Gasteiger partial charge in [0.1, 0.15) is 12.1 Å². The molecule has 0 atom stereocenters. The molecular weight excluding hydrogens is 266 g/mol. The van der Waals surface area contributed by atoms with E-state index >= 15 is 0 Å². The molecule has 2 heterocycles. The van der Waals surface area contributed by atoms with Crippen molar-refractivity contribution >= 4 is 28.9 Å². The highest BCUT2D eigenvalue weighted by molar-refractivity contribution is 5.87. The molecule has 5 heteroatoms. The summed E-state index contributed by atoms with van der Waals surface area (Å²) >= 11 is 0. The summed E-state index contributed by atoms with van der Waals surface area (Å²) in [5, 5.41) is 0.964. The Morgan fingerprint density at radius 3 is 2.57 bits per heavy atom. The number of carbonyl (C=O) groups excluding carboxylic acids is 2. The van der Waals surface area contributed by atoms with Gasteiger partial charge in [0.05, 0.1) is 5.52 Å². The molecule has 0 N–H and O–H groups in total. The average Bonchev–Trinajstić information content (AvgIpc) is 2.54. The van der Waals surface area contributed by atoms with E-state index in [0.29, 0.717) is 5.56 Å². The maximum Gasteiger partial charge on any atom is 0.219 e. The van der Waals surface area contributed by atoms with Gasteiger partial charge in [-0.2, -0.15) is 0 Å². The van der Waals surface area contributed by atoms with Crippen molar-refractivity contribution in [1.29, 1.82) is 0 Å². The second-order valence-corrected chi connectivity index (χ2v) is 5.23. The van der Waals surface area contributed by atoms with E-state index in [1.807, 2.05) is 29.2 Å². The van der Waals surface area contributed by atoms with Crippen LogP contribution in [-0.4, -0.2) is 48.3 Å². The van der Waals surface area contributed by atoms with E-state index in [-0.39, 0.29) is 5.91 Å². The molecule has 1 saturated heterocycles. The minimum atomic E-state index is 0.127. The summed E-state index contributed by atoms with van der Waals surface area (Å²) in [6.45, 7) is 4.67. The van der Waals surface area contributed by atoms with Crippen LogP contribution in [0.5, 0.6) is 0 Å². The van der Waals surface area contributed by atoms with E-state index in [1.165, 1.54) is 0 Å². The topological polar surface area (TPSA) is 53.5 Å². The molecule has 3 rings (SSSR count). The Balaban J connectivity index is 1.82. The molecule has 5 nitrogen and oxygen atoms in total. The summed E-state index contributed by atoms with van der Waals surface area (Å²) in [5.74, 6) is 1.05. The molecule has 21 heavy (non-hydrogen) atoms. The second-order valence-electron chi connectivity index (χ2n) is 5.23. The summed E-state index contributed by atoms with van der Waals surface area (Å²) in [5.41, 5.74) is 1.54. The van der Waals surface area contributed by atoms with E-state index in [9.17, 15) is 9.59 Å². The van der Waals surface area contributed by atoms with Crippen molar-refractivity contribution in [2.75, 3.05) is 31.1 Å². The summed E-state index contributed by atoms with van der Waals surface area (Å²) in [4.78, 5) is 30.8. The van der Waals surface area contributed by atoms with Gasteiger partial charge in [-0.05, 0) is 30.3 Å². The fraction of sp³-hybridized carbons (Fsp3) is 0.312. The minimum absolute atomic E-state index is 0.127. The number of amides is 1. The molecule has 108 valence electrons. The first-order valence-corrected chi connectivity index (χ1v) is 7.04. The number of rotatable bonds is 2. The normalized spacial score (nSPS) is 15.3. The maximum absolute atomic E-state index is 11.3. The SMILES string of the molecule is CC(=O)N1CCN(c2ccc3cc(C=O)ccc3n2)CC1. The molecular formula is C16H17N3O2. The fourth-order valence-electron chi connectivity index (χ4n) is 2.63. The number of anilines is 1. The third kappa shape index (κ3) is 2.72. The Labute approximate surface area is 123 Å². The van der Waals surface area contributed by atoms with Crippen LogP contribution in [0.25, 0.3) is 10.9 Å². The van der Waals surface area contributed by atoms with Crippen molar-refractivity contribution in [3.8, 4) is 0 Å². The highest BCUT2D eigenvalue weighted by atomic mass is 16.2. The molecule has 0 aliphatic carbocycles. The fourth-order valence-corrected chi connectivity index (χ4v) is 2.63. The number of carbonyl (C=O) groups is 2. The van der Waals surface area contributed by atoms with Crippen molar-refractivity contribution in [2.45, 2.75) is 6.92 Å². The Kier molecular flexibility index (Phi) is 3.56. The van der Waals surface area contributed by atoms with Crippen LogP contribution in [0.2, 0.25) is 0 Å². The van der Waals surface area contributed by atoms with Crippen LogP contribution in [0, 0.1) is 0 Å². The van der Waals surface area contributed by atoms with Gasteiger partial charge in [0.25, 0.3) is 0 Å². The molecule has 0 spiro atoms. The molecule has 1 aromatic carbocycles. The van der Waals surface area contributed by atoms with E-state index < -0.39 is 0 Å². The zero-order chi connectivity index (χ0) is 14.8. The largest absolute Gasteiger partial charge is 0.353 e. The minimum Gasteiger partial charge on any atom is -0.353 e. The Bertz CT molecular complexity index is 691. The molecule has 1 aromatic heterocycles. The van der Waals surface area contributed by atoms with Crippen LogP contribution in [0.4, 0.5) is 5.82 Å². The summed E-state index contributed by atoms with van der Waals surface area (Å²) in [7, 11) is 0. The lowest BCUT2D eigenvalue weighted by atomic mass is 10.1. The van der Waals surface area contributed by atoms with Crippen molar-refractivity contribution in [3.05, 3.63) is 35.9 Å². The monoisotopic (exact) mass is 283 g/mol. The van der Waals surface area contributed by atoms with Crippen LogP contribution in [0.1, 0.15) is 17.3 Å². The zero-order valence-electron chi connectivity index (χ0n) is 12.0. The molecule has 1 amide bonds. The number of hydrogen-bond acceptors (Lipinski definition) is 4. The van der Waals surface area contributed by atoms with E-state index in [2.05, 4.69) is 9.88 Å². The van der Waals surface area contributed by atoms with Gasteiger partial charge in [0.2, 0.25) is 5.91 Å². The summed E-state index contributed by atoms with van der Waals surface area (Å²) in [6, 6.07) is 9.45. The quantitative estimate of drug-likeness (QED) is 0.787. The lowest BCUT2D eigenvalue weighted by molar-refractivity contribution is -0.129. The molecule has 1 aliphatic heterocycles. The Hall–Kier alpha value is -2.43. The van der Waals surface area contributed by atoms with Crippen LogP contribution < -0.4 is 4.90 Å². The molecule has 0 saturated carbocycles. The van der Waals surface area contributed by atoms with Crippen LogP contribution in [0.15, 0.2) is 30.3 Å². The summed E-state index contributed by atoms with van der Waals surface area (Å²) in [6.07, 6.45) is 0.842. The number of piperazine rings is 1. The lowest BCUT2D eigenvalue weighted by Crippen LogP contribution is -2.48. The van der Waals surface area contributed by atoms with Crippen molar-refractivity contribution in [1.82, 2.24) is 9.88 Å². The highest BCUT2D eigenvalue weighted by Crippen LogP contribution is 2.20. The van der Waals surface area contributed by atoms with E-state index in [4.69, 9.17) is 0 Å². The molecule has 0 radical (unpaired) electrons. The standard InChI is InChI=1S/C16H17N3O2/c1-12(21)18-6-8-19(9-7-18)16-5-3-14-10-13(11-20)2-4-15(14)17-16/h2-5,10-11H,6-9H2,1H3. The Morgan fingerprint density at radius 1 is 1.14 bits per heavy atom. The first-order chi connectivity index (χ1) is 10.2. The van der Waals surface area contributed by atoms with Gasteiger partial charge in [-0.25, -0.2) is 4.98 Å². The predicted octanol–water partition coefficient (Wildman–Crippen LogP) is 1.72. The van der Waals surface area contributed by atoms with Gasteiger partial charge < -0.3 is 9.80 Å². The van der Waals surface area contributed by atoms with Gasteiger partial charge in [-0.15, -0.1) is 0 Å². The number of nitrogens with zero attached hydrogens (tertiary/aromatic N) is 3. The van der Waals surface area contributed by atoms with Crippen molar-refractivity contribution in [2.24, 2.45) is 0 Å². The van der Waals surface area contributed by atoms with E-state index in [1.54, 1.807) is 13.0 Å². The lowest BCUT2D eigenvalue weighted by Gasteiger charge is -2.35.